The number of nitrogens with one attached hydrogen (secondary N) is 2. The lowest BCUT2D eigenvalue weighted by atomic mass is 9.98. The molecule has 1 atom stereocenters. The molecule has 0 amide bonds. The fraction of sp³-hybridized carbons (Fsp3) is 0.360. The number of anilines is 1. The van der Waals surface area contributed by atoms with E-state index < -0.39 is 5.66 Å². The second-order valence-electron chi connectivity index (χ2n) is 8.75. The van der Waals surface area contributed by atoms with E-state index in [1.807, 2.05) is 55.4 Å². The van der Waals surface area contributed by atoms with E-state index >= 15 is 0 Å². The normalized spacial score (nSPS) is 17.6. The van der Waals surface area contributed by atoms with Gasteiger partial charge in [-0.1, -0.05) is 49.7 Å². The van der Waals surface area contributed by atoms with E-state index in [9.17, 15) is 4.79 Å². The number of unbranched alkanes of at least 4 members (excludes halogenated alkanes) is 1. The first-order valence-electron chi connectivity index (χ1n) is 11.4. The average molecular weight is 462 g/mol. The minimum absolute atomic E-state index is 0.372. The first kappa shape index (κ1) is 23.3. The smallest absolute Gasteiger partial charge is 0.358 e. The zero-order chi connectivity index (χ0) is 24.3. The molecule has 1 aliphatic rings. The molecule has 9 heteroatoms. The number of benzene rings is 2. The van der Waals surface area contributed by atoms with Crippen molar-refractivity contribution in [1.82, 2.24) is 30.8 Å². The molecular weight excluding hydrogens is 430 g/mol. The molecular formula is C25H31N7O2. The van der Waals surface area contributed by atoms with Gasteiger partial charge in [0.25, 0.3) is 0 Å². The zero-order valence-electron chi connectivity index (χ0n) is 20.3. The van der Waals surface area contributed by atoms with Gasteiger partial charge < -0.3 is 19.9 Å². The number of aromatic nitrogens is 4. The monoisotopic (exact) mass is 461 g/mol. The Morgan fingerprint density at radius 2 is 1.82 bits per heavy atom. The summed E-state index contributed by atoms with van der Waals surface area (Å²) in [6.45, 7) is 4.29. The van der Waals surface area contributed by atoms with Crippen molar-refractivity contribution >= 4 is 11.7 Å². The molecule has 3 aromatic rings. The number of hydrogen-bond acceptors (Lipinski definition) is 8. The third kappa shape index (κ3) is 4.21. The van der Waals surface area contributed by atoms with Crippen LogP contribution in [0.4, 0.5) is 5.69 Å². The molecule has 1 aromatic heterocycles. The Kier molecular flexibility index (Phi) is 6.54. The Morgan fingerprint density at radius 3 is 2.41 bits per heavy atom. The average Bonchev–Trinajstić information content (AvgIpc) is 3.49. The van der Waals surface area contributed by atoms with Crippen LogP contribution in [0, 0.1) is 0 Å². The Hall–Kier alpha value is -3.88. The van der Waals surface area contributed by atoms with Crippen LogP contribution in [0.15, 0.2) is 60.0 Å². The summed E-state index contributed by atoms with van der Waals surface area (Å²) in [4.78, 5) is 16.9. The third-order valence-electron chi connectivity index (χ3n) is 6.12. The van der Waals surface area contributed by atoms with Crippen LogP contribution >= 0.6 is 0 Å². The quantitative estimate of drug-likeness (QED) is 0.490. The summed E-state index contributed by atoms with van der Waals surface area (Å²) in [6.07, 6.45) is 2.94. The lowest BCUT2D eigenvalue weighted by Gasteiger charge is -2.38. The maximum Gasteiger partial charge on any atom is 0.358 e. The van der Waals surface area contributed by atoms with E-state index in [0.29, 0.717) is 11.5 Å². The number of hydrogen-bond donors (Lipinski definition) is 2. The van der Waals surface area contributed by atoms with Crippen LogP contribution in [-0.2, 0) is 9.53 Å². The number of rotatable bonds is 8. The summed E-state index contributed by atoms with van der Waals surface area (Å²) in [5, 5.41) is 18.1. The van der Waals surface area contributed by atoms with Gasteiger partial charge in [-0.25, -0.2) is 4.79 Å². The van der Waals surface area contributed by atoms with Crippen molar-refractivity contribution in [2.75, 3.05) is 26.1 Å². The van der Waals surface area contributed by atoms with Gasteiger partial charge in [-0.15, -0.1) is 10.2 Å². The van der Waals surface area contributed by atoms with Crippen LogP contribution in [0.5, 0.6) is 0 Å². The van der Waals surface area contributed by atoms with Gasteiger partial charge in [0.15, 0.2) is 5.70 Å². The van der Waals surface area contributed by atoms with Gasteiger partial charge >= 0.3 is 5.97 Å². The predicted molar refractivity (Wildman–Crippen MR) is 131 cm³/mol. The standard InChI is InChI=1S/C25H31N7O2/c1-6-7-16-25(2)26-23(31(3)4)21(24(33)34-5)32(25)18-14-12-17(13-15-18)19-10-8-9-11-20(19)22-27-29-30-28-22/h8-15,26H,6-7,16H2,1-5H3,(H,27,28,29,30). The Bertz CT molecular complexity index is 1170. The molecule has 0 saturated heterocycles. The van der Waals surface area contributed by atoms with E-state index in [4.69, 9.17) is 4.74 Å². The van der Waals surface area contributed by atoms with Gasteiger partial charge in [0.1, 0.15) is 11.5 Å². The summed E-state index contributed by atoms with van der Waals surface area (Å²) in [7, 11) is 5.26. The van der Waals surface area contributed by atoms with Crippen molar-refractivity contribution in [3.05, 3.63) is 60.0 Å². The third-order valence-corrected chi connectivity index (χ3v) is 6.12. The Labute approximate surface area is 199 Å². The van der Waals surface area contributed by atoms with Crippen LogP contribution in [0.1, 0.15) is 33.1 Å². The molecule has 2 aromatic carbocycles. The number of tetrazole rings is 1. The molecule has 0 radical (unpaired) electrons. The molecule has 0 fully saturated rings. The van der Waals surface area contributed by atoms with Crippen LogP contribution < -0.4 is 10.2 Å². The Morgan fingerprint density at radius 1 is 1.12 bits per heavy atom. The Balaban J connectivity index is 1.77. The van der Waals surface area contributed by atoms with Crippen molar-refractivity contribution in [1.29, 1.82) is 0 Å². The molecule has 0 spiro atoms. The number of nitrogens with zero attached hydrogens (tertiary/aromatic N) is 5. The number of esters is 1. The zero-order valence-corrected chi connectivity index (χ0v) is 20.3. The topological polar surface area (TPSA) is 99.3 Å². The second-order valence-corrected chi connectivity index (χ2v) is 8.75. The highest BCUT2D eigenvalue weighted by Gasteiger charge is 2.45. The number of carbonyl (C=O) groups excluding carboxylic acids is 1. The SMILES string of the molecule is CCCCC1(C)NC(N(C)C)=C(C(=O)OC)N1c1ccc(-c2ccccc2-c2nn[nH]n2)cc1. The maximum atomic E-state index is 12.9. The molecule has 4 rings (SSSR count). The molecule has 0 saturated carbocycles. The van der Waals surface area contributed by atoms with Gasteiger partial charge in [-0.05, 0) is 48.2 Å². The summed E-state index contributed by atoms with van der Waals surface area (Å²) in [5.41, 5.74) is 3.85. The van der Waals surface area contributed by atoms with Gasteiger partial charge in [-0.3, -0.25) is 0 Å². The van der Waals surface area contributed by atoms with Crippen LogP contribution in [0.2, 0.25) is 0 Å². The highest BCUT2D eigenvalue weighted by molar-refractivity contribution is 5.95. The van der Waals surface area contributed by atoms with E-state index in [0.717, 1.165) is 47.5 Å². The van der Waals surface area contributed by atoms with Gasteiger partial charge in [-0.2, -0.15) is 5.21 Å². The molecule has 1 unspecified atom stereocenters. The van der Waals surface area contributed by atoms with Gasteiger partial charge in [0, 0.05) is 25.3 Å². The maximum absolute atomic E-state index is 12.9. The summed E-state index contributed by atoms with van der Waals surface area (Å²) in [5.74, 6) is 0.919. The van der Waals surface area contributed by atoms with Crippen molar-refractivity contribution in [3.63, 3.8) is 0 Å². The van der Waals surface area contributed by atoms with E-state index in [1.54, 1.807) is 0 Å². The second kappa shape index (κ2) is 9.54. The molecule has 2 heterocycles. The number of methoxy groups -OCH3 is 1. The molecule has 9 nitrogen and oxygen atoms in total. The van der Waals surface area contributed by atoms with Crippen molar-refractivity contribution in [2.45, 2.75) is 38.8 Å². The molecule has 178 valence electrons. The first-order chi connectivity index (χ1) is 16.4. The van der Waals surface area contributed by atoms with Crippen LogP contribution in [0.3, 0.4) is 0 Å². The minimum Gasteiger partial charge on any atom is -0.464 e. The number of aromatic amines is 1. The van der Waals surface area contributed by atoms with Gasteiger partial charge in [0.05, 0.1) is 7.11 Å². The van der Waals surface area contributed by atoms with Crippen molar-refractivity contribution in [2.24, 2.45) is 0 Å². The van der Waals surface area contributed by atoms with Crippen LogP contribution in [0.25, 0.3) is 22.5 Å². The fourth-order valence-corrected chi connectivity index (χ4v) is 4.44. The minimum atomic E-state index is -0.469. The highest BCUT2D eigenvalue weighted by atomic mass is 16.5. The predicted octanol–water partition coefficient (Wildman–Crippen LogP) is 3.75. The molecule has 34 heavy (non-hydrogen) atoms. The number of ether oxygens (including phenoxy) is 1. The molecule has 1 aliphatic heterocycles. The highest BCUT2D eigenvalue weighted by Crippen LogP contribution is 2.39. The summed E-state index contributed by atoms with van der Waals surface area (Å²) < 4.78 is 5.19. The van der Waals surface area contributed by atoms with E-state index in [2.05, 4.69) is 56.8 Å². The van der Waals surface area contributed by atoms with Crippen molar-refractivity contribution < 1.29 is 9.53 Å². The summed E-state index contributed by atoms with van der Waals surface area (Å²) >= 11 is 0. The van der Waals surface area contributed by atoms with Crippen LogP contribution in [-0.4, -0.2) is 58.4 Å². The summed E-state index contributed by atoms with van der Waals surface area (Å²) in [6, 6.07) is 16.1. The van der Waals surface area contributed by atoms with E-state index in [-0.39, 0.29) is 5.97 Å². The lowest BCUT2D eigenvalue weighted by molar-refractivity contribution is -0.136. The van der Waals surface area contributed by atoms with Crippen molar-refractivity contribution in [3.8, 4) is 22.5 Å². The molecule has 0 bridgehead atoms. The molecule has 2 N–H and O–H groups in total. The van der Waals surface area contributed by atoms with Gasteiger partial charge in [0.2, 0.25) is 5.82 Å². The fourth-order valence-electron chi connectivity index (χ4n) is 4.44. The number of H-pyrrole nitrogens is 1. The first-order valence-corrected chi connectivity index (χ1v) is 11.4. The lowest BCUT2D eigenvalue weighted by Crippen LogP contribution is -2.51. The largest absolute Gasteiger partial charge is 0.464 e. The molecule has 0 aliphatic carbocycles. The number of carbonyl (C=O) groups is 1. The van der Waals surface area contributed by atoms with E-state index in [1.165, 1.54) is 7.11 Å².